The van der Waals surface area contributed by atoms with Gasteiger partial charge in [-0.15, -0.1) is 0 Å². The highest BCUT2D eigenvalue weighted by molar-refractivity contribution is 6.12. The molecule has 4 nitrogen and oxygen atoms in total. The lowest BCUT2D eigenvalue weighted by Gasteiger charge is -2.46. The van der Waals surface area contributed by atoms with Crippen molar-refractivity contribution in [3.8, 4) is 0 Å². The fourth-order valence-electron chi connectivity index (χ4n) is 2.77. The van der Waals surface area contributed by atoms with Crippen LogP contribution >= 0.6 is 0 Å². The standard InChI is InChI=1S/C14H20FN3OSi/c1-10(20)14(19,11-4-6-12(15)7-5-11)13(2,3)18-9-16-8-17-18/h4-10,19H,1-3,20H3. The number of aliphatic hydroxyl groups is 1. The van der Waals surface area contributed by atoms with Crippen LogP contribution in [0.5, 0.6) is 0 Å². The van der Waals surface area contributed by atoms with Crippen LogP contribution in [0.2, 0.25) is 5.54 Å². The Morgan fingerprint density at radius 2 is 1.90 bits per heavy atom. The molecule has 20 heavy (non-hydrogen) atoms. The topological polar surface area (TPSA) is 50.9 Å². The monoisotopic (exact) mass is 293 g/mol. The lowest BCUT2D eigenvalue weighted by Crippen LogP contribution is -2.52. The first-order valence-corrected chi connectivity index (χ1v) is 7.79. The van der Waals surface area contributed by atoms with Crippen LogP contribution in [-0.4, -0.2) is 30.1 Å². The Labute approximate surface area is 121 Å². The van der Waals surface area contributed by atoms with Gasteiger partial charge in [-0.25, -0.2) is 14.1 Å². The van der Waals surface area contributed by atoms with Gasteiger partial charge in [0, 0.05) is 10.2 Å². The van der Waals surface area contributed by atoms with Crippen molar-refractivity contribution in [2.45, 2.75) is 37.5 Å². The minimum absolute atomic E-state index is 0.0483. The lowest BCUT2D eigenvalue weighted by atomic mass is 9.75. The second kappa shape index (κ2) is 5.10. The van der Waals surface area contributed by atoms with Gasteiger partial charge in [-0.1, -0.05) is 19.1 Å². The molecule has 6 heteroatoms. The van der Waals surface area contributed by atoms with Crippen LogP contribution in [0.4, 0.5) is 4.39 Å². The number of aromatic nitrogens is 3. The molecule has 0 fully saturated rings. The Kier molecular flexibility index (Phi) is 3.79. The number of hydrogen-bond donors (Lipinski definition) is 1. The Morgan fingerprint density at radius 3 is 2.35 bits per heavy atom. The van der Waals surface area contributed by atoms with Crippen LogP contribution in [-0.2, 0) is 11.1 Å². The molecule has 2 atom stereocenters. The highest BCUT2D eigenvalue weighted by Gasteiger charge is 2.49. The first-order valence-electron chi connectivity index (χ1n) is 6.63. The van der Waals surface area contributed by atoms with E-state index < -0.39 is 11.1 Å². The molecule has 0 aliphatic rings. The van der Waals surface area contributed by atoms with E-state index in [1.807, 2.05) is 20.8 Å². The molecule has 0 saturated carbocycles. The Morgan fingerprint density at radius 1 is 1.30 bits per heavy atom. The number of benzene rings is 1. The van der Waals surface area contributed by atoms with Gasteiger partial charge in [0.15, 0.2) is 0 Å². The van der Waals surface area contributed by atoms with E-state index in [-0.39, 0.29) is 11.4 Å². The Balaban J connectivity index is 2.58. The molecule has 0 bridgehead atoms. The van der Waals surface area contributed by atoms with Crippen LogP contribution < -0.4 is 0 Å². The fraction of sp³-hybridized carbons (Fsp3) is 0.429. The van der Waals surface area contributed by atoms with Gasteiger partial charge < -0.3 is 5.11 Å². The SMILES string of the molecule is CC([SiH3])C(O)(c1ccc(F)cc1)C(C)(C)n1cncn1. The molecule has 1 aromatic heterocycles. The summed E-state index contributed by atoms with van der Waals surface area (Å²) in [4.78, 5) is 3.96. The average molecular weight is 293 g/mol. The van der Waals surface area contributed by atoms with Gasteiger partial charge in [-0.2, -0.15) is 5.10 Å². The van der Waals surface area contributed by atoms with Gasteiger partial charge in [0.1, 0.15) is 24.1 Å². The third kappa shape index (κ3) is 2.18. The minimum Gasteiger partial charge on any atom is -0.383 e. The zero-order valence-electron chi connectivity index (χ0n) is 12.2. The van der Waals surface area contributed by atoms with E-state index in [9.17, 15) is 9.50 Å². The maximum atomic E-state index is 13.1. The van der Waals surface area contributed by atoms with Gasteiger partial charge in [-0.3, -0.25) is 0 Å². The quantitative estimate of drug-likeness (QED) is 0.862. The summed E-state index contributed by atoms with van der Waals surface area (Å²) in [6.45, 7) is 5.83. The van der Waals surface area contributed by atoms with E-state index in [1.165, 1.54) is 18.5 Å². The highest BCUT2D eigenvalue weighted by Crippen LogP contribution is 2.45. The van der Waals surface area contributed by atoms with Gasteiger partial charge in [-0.05, 0) is 37.1 Å². The van der Waals surface area contributed by atoms with Crippen molar-refractivity contribution in [1.82, 2.24) is 14.8 Å². The molecular weight excluding hydrogens is 273 g/mol. The van der Waals surface area contributed by atoms with Gasteiger partial charge in [0.05, 0.1) is 5.54 Å². The number of rotatable bonds is 4. The van der Waals surface area contributed by atoms with Crippen LogP contribution in [0.3, 0.4) is 0 Å². The number of hydrogen-bond acceptors (Lipinski definition) is 3. The number of halogens is 1. The van der Waals surface area contributed by atoms with Crippen molar-refractivity contribution in [2.24, 2.45) is 0 Å². The van der Waals surface area contributed by atoms with Gasteiger partial charge >= 0.3 is 0 Å². The van der Waals surface area contributed by atoms with Crippen LogP contribution in [0.1, 0.15) is 26.3 Å². The highest BCUT2D eigenvalue weighted by atomic mass is 28.1. The van der Waals surface area contributed by atoms with E-state index in [0.29, 0.717) is 5.56 Å². The second-order valence-corrected chi connectivity index (χ2v) is 7.56. The van der Waals surface area contributed by atoms with Crippen molar-refractivity contribution in [1.29, 1.82) is 0 Å². The summed E-state index contributed by atoms with van der Waals surface area (Å²) in [5.74, 6) is -0.310. The van der Waals surface area contributed by atoms with Crippen molar-refractivity contribution < 1.29 is 9.50 Å². The zero-order chi connectivity index (χ0) is 15.0. The normalized spacial score (nSPS) is 16.9. The summed E-state index contributed by atoms with van der Waals surface area (Å²) < 4.78 is 14.8. The van der Waals surface area contributed by atoms with E-state index in [0.717, 1.165) is 10.2 Å². The lowest BCUT2D eigenvalue weighted by molar-refractivity contribution is -0.0728. The summed E-state index contributed by atoms with van der Waals surface area (Å²) in [7, 11) is 0.795. The van der Waals surface area contributed by atoms with E-state index >= 15 is 0 Å². The summed E-state index contributed by atoms with van der Waals surface area (Å²) in [6.07, 6.45) is 3.04. The molecule has 1 N–H and O–H groups in total. The molecule has 2 rings (SSSR count). The maximum absolute atomic E-state index is 13.1. The summed E-state index contributed by atoms with van der Waals surface area (Å²) in [5, 5.41) is 15.5. The molecule has 1 aromatic carbocycles. The van der Waals surface area contributed by atoms with Crippen LogP contribution in [0.15, 0.2) is 36.9 Å². The molecule has 0 amide bonds. The molecule has 0 aliphatic carbocycles. The first kappa shape index (κ1) is 14.9. The fourth-order valence-corrected chi connectivity index (χ4v) is 3.81. The summed E-state index contributed by atoms with van der Waals surface area (Å²) in [5.41, 5.74) is -1.09. The van der Waals surface area contributed by atoms with Crippen LogP contribution in [0, 0.1) is 5.82 Å². The maximum Gasteiger partial charge on any atom is 0.137 e. The second-order valence-electron chi connectivity index (χ2n) is 5.83. The average Bonchev–Trinajstić information content (AvgIpc) is 2.92. The molecule has 2 unspecified atom stereocenters. The smallest absolute Gasteiger partial charge is 0.137 e. The van der Waals surface area contributed by atoms with Gasteiger partial charge in [0.2, 0.25) is 0 Å². The largest absolute Gasteiger partial charge is 0.383 e. The van der Waals surface area contributed by atoms with Crippen LogP contribution in [0.25, 0.3) is 0 Å². The van der Waals surface area contributed by atoms with Crippen molar-refractivity contribution >= 4 is 10.2 Å². The molecule has 0 spiro atoms. The van der Waals surface area contributed by atoms with Gasteiger partial charge in [0.25, 0.3) is 0 Å². The summed E-state index contributed by atoms with van der Waals surface area (Å²) in [6, 6.07) is 6.04. The molecule has 108 valence electrons. The summed E-state index contributed by atoms with van der Waals surface area (Å²) >= 11 is 0. The molecule has 0 aliphatic heterocycles. The Hall–Kier alpha value is -1.53. The van der Waals surface area contributed by atoms with Crippen molar-refractivity contribution in [2.75, 3.05) is 0 Å². The molecule has 1 heterocycles. The molecule has 0 radical (unpaired) electrons. The van der Waals surface area contributed by atoms with E-state index in [2.05, 4.69) is 10.1 Å². The predicted octanol–water partition coefficient (Wildman–Crippen LogP) is 1.21. The van der Waals surface area contributed by atoms with E-state index in [4.69, 9.17) is 0 Å². The third-order valence-corrected chi connectivity index (χ3v) is 4.88. The number of nitrogens with zero attached hydrogens (tertiary/aromatic N) is 3. The predicted molar refractivity (Wildman–Crippen MR) is 79.0 cm³/mol. The van der Waals surface area contributed by atoms with Crippen molar-refractivity contribution in [3.63, 3.8) is 0 Å². The van der Waals surface area contributed by atoms with Crippen molar-refractivity contribution in [3.05, 3.63) is 48.3 Å². The molecule has 2 aromatic rings. The molecule has 0 saturated heterocycles. The Bertz CT molecular complexity index is 569. The van der Waals surface area contributed by atoms with E-state index in [1.54, 1.807) is 23.1 Å². The minimum atomic E-state index is -1.14. The third-order valence-electron chi connectivity index (χ3n) is 4.04. The zero-order valence-corrected chi connectivity index (χ0v) is 14.2. The first-order chi connectivity index (χ1) is 9.30. The molecular formula is C14H20FN3OSi.